The first-order valence-corrected chi connectivity index (χ1v) is 6.87. The normalized spacial score (nSPS) is 11.3. The second-order valence-corrected chi connectivity index (χ2v) is 5.33. The number of carboxylic acid groups (broad SMARTS) is 1. The van der Waals surface area contributed by atoms with E-state index in [1.807, 2.05) is 13.8 Å². The molecule has 0 fully saturated rings. The number of benzene rings is 1. The van der Waals surface area contributed by atoms with Crippen LogP contribution in [0, 0.1) is 3.57 Å². The van der Waals surface area contributed by atoms with Crippen LogP contribution < -0.4 is 4.74 Å². The molecule has 0 unspecified atom stereocenters. The second-order valence-electron chi connectivity index (χ2n) is 4.17. The van der Waals surface area contributed by atoms with Crippen molar-refractivity contribution in [3.8, 4) is 5.75 Å². The van der Waals surface area contributed by atoms with Crippen LogP contribution in [-0.2, 0) is 0 Å². The van der Waals surface area contributed by atoms with Gasteiger partial charge < -0.3 is 14.9 Å². The van der Waals surface area contributed by atoms with Crippen molar-refractivity contribution in [3.63, 3.8) is 0 Å². The third-order valence-corrected chi connectivity index (χ3v) is 3.88. The van der Waals surface area contributed by atoms with E-state index >= 15 is 0 Å². The number of carboxylic acids is 1. The first-order chi connectivity index (χ1) is 8.41. The van der Waals surface area contributed by atoms with E-state index in [0.29, 0.717) is 18.6 Å². The van der Waals surface area contributed by atoms with Crippen molar-refractivity contribution in [2.75, 3.05) is 6.61 Å². The van der Waals surface area contributed by atoms with Gasteiger partial charge in [-0.3, -0.25) is 0 Å². The number of halogens is 1. The molecule has 0 bridgehead atoms. The number of hydrogen-bond donors (Lipinski definition) is 2. The Balaban J connectivity index is 2.84. The molecule has 0 atom stereocenters. The maximum atomic E-state index is 10.9. The lowest BCUT2D eigenvalue weighted by Gasteiger charge is -2.25. The van der Waals surface area contributed by atoms with E-state index in [1.165, 1.54) is 12.1 Å². The summed E-state index contributed by atoms with van der Waals surface area (Å²) < 4.78 is 6.38. The molecule has 2 N–H and O–H groups in total. The standard InChI is InChI=1S/C13H17IO4/c1-3-13(17,4-2)8-18-11-7-9(12(15)16)5-6-10(11)14/h5-7,17H,3-4,8H2,1-2H3,(H,15,16). The van der Waals surface area contributed by atoms with Crippen LogP contribution >= 0.6 is 22.6 Å². The molecule has 0 saturated heterocycles. The first-order valence-electron chi connectivity index (χ1n) is 5.80. The molecule has 0 spiro atoms. The lowest BCUT2D eigenvalue weighted by molar-refractivity contribution is -0.0116. The average Bonchev–Trinajstić information content (AvgIpc) is 2.37. The quantitative estimate of drug-likeness (QED) is 0.762. The van der Waals surface area contributed by atoms with Gasteiger partial charge in [0.1, 0.15) is 12.4 Å². The molecule has 5 heteroatoms. The van der Waals surface area contributed by atoms with Crippen LogP contribution in [0.1, 0.15) is 37.0 Å². The summed E-state index contributed by atoms with van der Waals surface area (Å²) in [5.74, 6) is -0.492. The van der Waals surface area contributed by atoms with Crippen LogP contribution in [0.3, 0.4) is 0 Å². The molecule has 0 aliphatic carbocycles. The Hall–Kier alpha value is -0.820. The topological polar surface area (TPSA) is 66.8 Å². The lowest BCUT2D eigenvalue weighted by Crippen LogP contribution is -2.34. The summed E-state index contributed by atoms with van der Waals surface area (Å²) in [6.07, 6.45) is 1.19. The Morgan fingerprint density at radius 1 is 1.39 bits per heavy atom. The van der Waals surface area contributed by atoms with E-state index in [0.717, 1.165) is 3.57 Å². The zero-order valence-corrected chi connectivity index (χ0v) is 12.6. The van der Waals surface area contributed by atoms with E-state index in [1.54, 1.807) is 6.07 Å². The van der Waals surface area contributed by atoms with Crippen molar-refractivity contribution in [3.05, 3.63) is 27.3 Å². The maximum Gasteiger partial charge on any atom is 0.335 e. The second kappa shape index (κ2) is 6.38. The van der Waals surface area contributed by atoms with Crippen LogP contribution in [0.15, 0.2) is 18.2 Å². The fourth-order valence-electron chi connectivity index (χ4n) is 1.41. The van der Waals surface area contributed by atoms with Crippen LogP contribution in [0.4, 0.5) is 0 Å². The fourth-order valence-corrected chi connectivity index (χ4v) is 1.90. The van der Waals surface area contributed by atoms with Gasteiger partial charge in [-0.15, -0.1) is 0 Å². The molecule has 0 amide bonds. The molecule has 0 heterocycles. The monoisotopic (exact) mass is 364 g/mol. The Labute approximate surface area is 120 Å². The minimum absolute atomic E-state index is 0.166. The minimum Gasteiger partial charge on any atom is -0.489 e. The Morgan fingerprint density at radius 2 is 2.00 bits per heavy atom. The highest BCUT2D eigenvalue weighted by molar-refractivity contribution is 14.1. The van der Waals surface area contributed by atoms with Crippen molar-refractivity contribution in [1.29, 1.82) is 0 Å². The van der Waals surface area contributed by atoms with E-state index in [9.17, 15) is 9.90 Å². The number of carbonyl (C=O) groups is 1. The Morgan fingerprint density at radius 3 is 2.50 bits per heavy atom. The highest BCUT2D eigenvalue weighted by atomic mass is 127. The molecule has 1 rings (SSSR count). The van der Waals surface area contributed by atoms with E-state index in [2.05, 4.69) is 22.6 Å². The van der Waals surface area contributed by atoms with Crippen molar-refractivity contribution in [1.82, 2.24) is 0 Å². The van der Waals surface area contributed by atoms with Gasteiger partial charge in [-0.25, -0.2) is 4.79 Å². The fraction of sp³-hybridized carbons (Fsp3) is 0.462. The molecule has 0 aromatic heterocycles. The maximum absolute atomic E-state index is 10.9. The molecule has 0 aliphatic rings. The lowest BCUT2D eigenvalue weighted by atomic mass is 9.99. The molecule has 100 valence electrons. The minimum atomic E-state index is -0.988. The Kier molecular flexibility index (Phi) is 5.40. The molecular weight excluding hydrogens is 347 g/mol. The van der Waals surface area contributed by atoms with Crippen molar-refractivity contribution >= 4 is 28.6 Å². The van der Waals surface area contributed by atoms with Gasteiger partial charge in [0, 0.05) is 0 Å². The van der Waals surface area contributed by atoms with Crippen LogP contribution in [0.25, 0.3) is 0 Å². The Bertz CT molecular complexity index is 427. The summed E-state index contributed by atoms with van der Waals surface area (Å²) in [4.78, 5) is 10.9. The molecule has 0 aliphatic heterocycles. The third kappa shape index (κ3) is 3.84. The predicted molar refractivity (Wildman–Crippen MR) is 77.1 cm³/mol. The zero-order chi connectivity index (χ0) is 13.8. The summed E-state index contributed by atoms with van der Waals surface area (Å²) >= 11 is 2.08. The molecular formula is C13H17IO4. The largest absolute Gasteiger partial charge is 0.489 e. The summed E-state index contributed by atoms with van der Waals surface area (Å²) in [7, 11) is 0. The summed E-state index contributed by atoms with van der Waals surface area (Å²) in [5, 5.41) is 19.0. The molecule has 18 heavy (non-hydrogen) atoms. The van der Waals surface area contributed by atoms with E-state index < -0.39 is 11.6 Å². The van der Waals surface area contributed by atoms with Crippen molar-refractivity contribution in [2.24, 2.45) is 0 Å². The number of hydrogen-bond acceptors (Lipinski definition) is 3. The van der Waals surface area contributed by atoms with Gasteiger partial charge in [0.15, 0.2) is 0 Å². The summed E-state index contributed by atoms with van der Waals surface area (Å²) in [6, 6.07) is 4.70. The van der Waals surface area contributed by atoms with Crippen LogP contribution in [0.2, 0.25) is 0 Å². The van der Waals surface area contributed by atoms with Gasteiger partial charge in [0.2, 0.25) is 0 Å². The van der Waals surface area contributed by atoms with Crippen molar-refractivity contribution in [2.45, 2.75) is 32.3 Å². The molecule has 1 aromatic rings. The number of ether oxygens (including phenoxy) is 1. The highest BCUT2D eigenvalue weighted by Crippen LogP contribution is 2.24. The van der Waals surface area contributed by atoms with Crippen molar-refractivity contribution < 1.29 is 19.7 Å². The van der Waals surface area contributed by atoms with Gasteiger partial charge >= 0.3 is 5.97 Å². The van der Waals surface area contributed by atoms with Gasteiger partial charge in [-0.2, -0.15) is 0 Å². The van der Waals surface area contributed by atoms with Gasteiger partial charge in [-0.05, 0) is 53.6 Å². The number of rotatable bonds is 6. The molecule has 0 saturated carbocycles. The number of aromatic carboxylic acids is 1. The average molecular weight is 364 g/mol. The zero-order valence-electron chi connectivity index (χ0n) is 10.4. The number of aliphatic hydroxyl groups is 1. The molecule has 1 aromatic carbocycles. The molecule has 0 radical (unpaired) electrons. The molecule has 4 nitrogen and oxygen atoms in total. The highest BCUT2D eigenvalue weighted by Gasteiger charge is 2.23. The SMILES string of the molecule is CCC(O)(CC)COc1cc(C(=O)O)ccc1I. The van der Waals surface area contributed by atoms with Gasteiger partial charge in [0.05, 0.1) is 14.7 Å². The van der Waals surface area contributed by atoms with Crippen LogP contribution in [-0.4, -0.2) is 28.4 Å². The third-order valence-electron chi connectivity index (χ3n) is 2.99. The van der Waals surface area contributed by atoms with E-state index in [-0.39, 0.29) is 12.2 Å². The van der Waals surface area contributed by atoms with Crippen LogP contribution in [0.5, 0.6) is 5.75 Å². The predicted octanol–water partition coefficient (Wildman–Crippen LogP) is 2.92. The first kappa shape index (κ1) is 15.2. The summed E-state index contributed by atoms with van der Waals surface area (Å²) in [6.45, 7) is 3.95. The van der Waals surface area contributed by atoms with Gasteiger partial charge in [0.25, 0.3) is 0 Å². The van der Waals surface area contributed by atoms with E-state index in [4.69, 9.17) is 9.84 Å². The smallest absolute Gasteiger partial charge is 0.335 e. The summed E-state index contributed by atoms with van der Waals surface area (Å²) in [5.41, 5.74) is -0.676. The van der Waals surface area contributed by atoms with Gasteiger partial charge in [-0.1, -0.05) is 13.8 Å².